The maximum atomic E-state index is 5.82. The molecule has 2 rings (SSSR count). The number of hydrogen-bond acceptors (Lipinski definition) is 5. The zero-order chi connectivity index (χ0) is 13.8. The number of benzene rings is 1. The van der Waals surface area contributed by atoms with E-state index in [-0.39, 0.29) is 6.04 Å². The van der Waals surface area contributed by atoms with Crippen molar-refractivity contribution in [1.82, 2.24) is 15.6 Å². The fraction of sp³-hybridized carbons (Fsp3) is 0.385. The van der Waals surface area contributed by atoms with E-state index in [2.05, 4.69) is 43.1 Å². The van der Waals surface area contributed by atoms with Gasteiger partial charge in [0.15, 0.2) is 0 Å². The molecule has 0 fully saturated rings. The van der Waals surface area contributed by atoms with E-state index in [0.29, 0.717) is 12.3 Å². The highest BCUT2D eigenvalue weighted by Gasteiger charge is 2.12. The summed E-state index contributed by atoms with van der Waals surface area (Å²) in [6.07, 6.45) is 0. The van der Waals surface area contributed by atoms with E-state index >= 15 is 0 Å². The van der Waals surface area contributed by atoms with Crippen LogP contribution in [0.2, 0.25) is 0 Å². The van der Waals surface area contributed by atoms with E-state index in [9.17, 15) is 0 Å². The largest absolute Gasteiger partial charge is 0.487 e. The van der Waals surface area contributed by atoms with Crippen LogP contribution in [0.3, 0.4) is 0 Å². The molecule has 1 aromatic carbocycles. The maximum Gasteiger partial charge on any atom is 0.145 e. The predicted molar refractivity (Wildman–Crippen MR) is 75.0 cm³/mol. The lowest BCUT2D eigenvalue weighted by molar-refractivity contribution is 0.267. The molecule has 0 bridgehead atoms. The van der Waals surface area contributed by atoms with Gasteiger partial charge >= 0.3 is 0 Å². The Hall–Kier alpha value is -1.40. The van der Waals surface area contributed by atoms with Crippen molar-refractivity contribution >= 4 is 15.9 Å². The molecule has 102 valence electrons. The number of aromatic nitrogens is 2. The van der Waals surface area contributed by atoms with Gasteiger partial charge in [-0.05, 0) is 39.1 Å². The zero-order valence-electron chi connectivity index (χ0n) is 11.1. The number of rotatable bonds is 5. The van der Waals surface area contributed by atoms with Crippen LogP contribution in [-0.4, -0.2) is 17.4 Å². The second-order valence-corrected chi connectivity index (χ2v) is 5.19. The first kappa shape index (κ1) is 14.0. The minimum absolute atomic E-state index is 0.198. The van der Waals surface area contributed by atoms with E-state index in [1.54, 1.807) is 0 Å². The van der Waals surface area contributed by atoms with Crippen LogP contribution in [0.15, 0.2) is 27.3 Å². The monoisotopic (exact) mass is 325 g/mol. The summed E-state index contributed by atoms with van der Waals surface area (Å²) in [5, 5.41) is 10.7. The lowest BCUT2D eigenvalue weighted by Gasteiger charge is -2.16. The average Bonchev–Trinajstić information content (AvgIpc) is 2.82. The van der Waals surface area contributed by atoms with Gasteiger partial charge in [-0.1, -0.05) is 26.2 Å². The predicted octanol–water partition coefficient (Wildman–Crippen LogP) is 3.00. The molecule has 1 N–H and O–H groups in total. The number of ether oxygens (including phenoxy) is 1. The van der Waals surface area contributed by atoms with Gasteiger partial charge in [-0.2, -0.15) is 0 Å². The van der Waals surface area contributed by atoms with Crippen molar-refractivity contribution in [3.8, 4) is 5.75 Å². The quantitative estimate of drug-likeness (QED) is 0.915. The Labute approximate surface area is 120 Å². The molecule has 0 saturated heterocycles. The summed E-state index contributed by atoms with van der Waals surface area (Å²) >= 11 is 3.47. The number of hydrogen-bond donors (Lipinski definition) is 1. The lowest BCUT2D eigenvalue weighted by atomic mass is 10.1. The molecule has 2 aromatic rings. The second kappa shape index (κ2) is 6.16. The topological polar surface area (TPSA) is 60.2 Å². The Kier molecular flexibility index (Phi) is 4.55. The Morgan fingerprint density at radius 2 is 2.21 bits per heavy atom. The number of aryl methyl sites for hydroxylation is 1. The number of nitrogens with one attached hydrogen (secondary N) is 1. The normalized spacial score (nSPS) is 12.4. The van der Waals surface area contributed by atoms with Crippen molar-refractivity contribution in [2.75, 3.05) is 7.05 Å². The molecule has 19 heavy (non-hydrogen) atoms. The first-order valence-electron chi connectivity index (χ1n) is 5.99. The minimum atomic E-state index is 0.198. The Morgan fingerprint density at radius 3 is 2.84 bits per heavy atom. The van der Waals surface area contributed by atoms with Crippen LogP contribution in [0.5, 0.6) is 5.75 Å². The van der Waals surface area contributed by atoms with Crippen LogP contribution in [0.4, 0.5) is 0 Å². The highest BCUT2D eigenvalue weighted by Crippen LogP contribution is 2.29. The van der Waals surface area contributed by atoms with Crippen LogP contribution in [0, 0.1) is 6.92 Å². The van der Waals surface area contributed by atoms with Gasteiger partial charge in [0.2, 0.25) is 0 Å². The molecule has 0 aliphatic heterocycles. The summed E-state index contributed by atoms with van der Waals surface area (Å²) in [5.74, 6) is 0.826. The van der Waals surface area contributed by atoms with Crippen molar-refractivity contribution < 1.29 is 9.37 Å². The Bertz CT molecular complexity index is 557. The first-order chi connectivity index (χ1) is 9.11. The summed E-state index contributed by atoms with van der Waals surface area (Å²) in [6, 6.07) is 6.14. The van der Waals surface area contributed by atoms with Gasteiger partial charge < -0.3 is 10.1 Å². The Morgan fingerprint density at radius 1 is 1.42 bits per heavy atom. The third-order valence-corrected chi connectivity index (χ3v) is 3.48. The van der Waals surface area contributed by atoms with Gasteiger partial charge in [-0.3, -0.25) is 0 Å². The average molecular weight is 326 g/mol. The van der Waals surface area contributed by atoms with Crippen LogP contribution in [0.1, 0.15) is 29.9 Å². The Balaban J connectivity index is 2.18. The highest BCUT2D eigenvalue weighted by molar-refractivity contribution is 9.10. The molecule has 1 atom stereocenters. The molecule has 1 heterocycles. The fourth-order valence-electron chi connectivity index (χ4n) is 1.67. The molecule has 0 aliphatic rings. The molecule has 5 nitrogen and oxygen atoms in total. The highest BCUT2D eigenvalue weighted by atomic mass is 79.9. The van der Waals surface area contributed by atoms with Gasteiger partial charge in [0, 0.05) is 16.1 Å². The molecule has 0 radical (unpaired) electrons. The zero-order valence-corrected chi connectivity index (χ0v) is 12.7. The van der Waals surface area contributed by atoms with Gasteiger partial charge in [0.1, 0.15) is 23.7 Å². The van der Waals surface area contributed by atoms with Crippen LogP contribution in [0.25, 0.3) is 0 Å². The summed E-state index contributed by atoms with van der Waals surface area (Å²) in [4.78, 5) is 0. The van der Waals surface area contributed by atoms with Crippen molar-refractivity contribution in [2.24, 2.45) is 0 Å². The smallest absolute Gasteiger partial charge is 0.145 e. The lowest BCUT2D eigenvalue weighted by Crippen LogP contribution is -2.14. The van der Waals surface area contributed by atoms with Crippen molar-refractivity contribution in [3.63, 3.8) is 0 Å². The van der Waals surface area contributed by atoms with Crippen LogP contribution in [-0.2, 0) is 6.61 Å². The van der Waals surface area contributed by atoms with Gasteiger partial charge in [0.05, 0.1) is 0 Å². The SMILES string of the molecule is CNC(C)c1cc(Br)ccc1OCc1nonc1C. The van der Waals surface area contributed by atoms with Crippen LogP contribution < -0.4 is 10.1 Å². The third-order valence-electron chi connectivity index (χ3n) is 2.98. The standard InChI is InChI=1S/C13H16BrN3O2/c1-8(15-3)11-6-10(14)4-5-13(11)18-7-12-9(2)16-19-17-12/h4-6,8,15H,7H2,1-3H3. The maximum absolute atomic E-state index is 5.82. The fourth-order valence-corrected chi connectivity index (χ4v) is 2.05. The van der Waals surface area contributed by atoms with Gasteiger partial charge in [-0.15, -0.1) is 0 Å². The molecule has 0 saturated carbocycles. The summed E-state index contributed by atoms with van der Waals surface area (Å²) in [6.45, 7) is 4.27. The summed E-state index contributed by atoms with van der Waals surface area (Å²) < 4.78 is 11.5. The van der Waals surface area contributed by atoms with Crippen molar-refractivity contribution in [3.05, 3.63) is 39.6 Å². The van der Waals surface area contributed by atoms with Crippen LogP contribution >= 0.6 is 15.9 Å². The number of nitrogens with zero attached hydrogens (tertiary/aromatic N) is 2. The first-order valence-corrected chi connectivity index (χ1v) is 6.78. The van der Waals surface area contributed by atoms with Crippen molar-refractivity contribution in [2.45, 2.75) is 26.5 Å². The molecule has 1 unspecified atom stereocenters. The van der Waals surface area contributed by atoms with Gasteiger partial charge in [0.25, 0.3) is 0 Å². The van der Waals surface area contributed by atoms with Crippen molar-refractivity contribution in [1.29, 1.82) is 0 Å². The molecule has 0 aliphatic carbocycles. The molecular weight excluding hydrogens is 310 g/mol. The summed E-state index contributed by atoms with van der Waals surface area (Å²) in [5.41, 5.74) is 2.55. The van der Waals surface area contributed by atoms with E-state index < -0.39 is 0 Å². The molecular formula is C13H16BrN3O2. The van der Waals surface area contributed by atoms with E-state index in [4.69, 9.17) is 4.74 Å². The third kappa shape index (κ3) is 3.33. The van der Waals surface area contributed by atoms with Gasteiger partial charge in [-0.25, -0.2) is 4.63 Å². The van der Waals surface area contributed by atoms with E-state index in [0.717, 1.165) is 21.5 Å². The molecule has 0 amide bonds. The summed E-state index contributed by atoms with van der Waals surface area (Å²) in [7, 11) is 1.92. The molecule has 1 aromatic heterocycles. The number of halogens is 1. The molecule has 0 spiro atoms. The minimum Gasteiger partial charge on any atom is -0.487 e. The van der Waals surface area contributed by atoms with E-state index in [1.165, 1.54) is 0 Å². The van der Waals surface area contributed by atoms with E-state index in [1.807, 2.05) is 32.2 Å². The molecule has 6 heteroatoms. The second-order valence-electron chi connectivity index (χ2n) is 4.28.